The van der Waals surface area contributed by atoms with E-state index in [9.17, 15) is 0 Å². The van der Waals surface area contributed by atoms with Gasteiger partial charge in [0, 0.05) is 18.8 Å². The van der Waals surface area contributed by atoms with Gasteiger partial charge < -0.3 is 10.2 Å². The van der Waals surface area contributed by atoms with E-state index in [-0.39, 0.29) is 0 Å². The van der Waals surface area contributed by atoms with Gasteiger partial charge in [0.15, 0.2) is 0 Å². The zero-order chi connectivity index (χ0) is 13.0. The minimum Gasteiger partial charge on any atom is -0.317 e. The lowest BCUT2D eigenvalue weighted by Crippen LogP contribution is -2.41. The predicted octanol–water partition coefficient (Wildman–Crippen LogP) is 2.21. The molecule has 1 aromatic rings. The molecule has 3 heteroatoms. The smallest absolute Gasteiger partial charge is 0.0547 e. The molecule has 0 unspecified atom stereocenters. The number of nitrogens with zero attached hydrogens (tertiary/aromatic N) is 2. The third-order valence-corrected chi connectivity index (χ3v) is 3.84. The fourth-order valence-corrected chi connectivity index (χ4v) is 2.86. The first-order valence-corrected chi connectivity index (χ1v) is 6.89. The summed E-state index contributed by atoms with van der Waals surface area (Å²) in [5.74, 6) is 0. The highest BCUT2D eigenvalue weighted by Gasteiger charge is 2.27. The Labute approximate surface area is 111 Å². The molecule has 1 aliphatic rings. The van der Waals surface area contributed by atoms with Gasteiger partial charge in [-0.1, -0.05) is 13.0 Å². The van der Waals surface area contributed by atoms with E-state index in [4.69, 9.17) is 0 Å². The van der Waals surface area contributed by atoms with Gasteiger partial charge in [0.1, 0.15) is 0 Å². The second-order valence-electron chi connectivity index (χ2n) is 6.00. The van der Waals surface area contributed by atoms with Crippen molar-refractivity contribution in [2.24, 2.45) is 5.41 Å². The molecule has 1 aromatic heterocycles. The molecule has 1 fully saturated rings. The van der Waals surface area contributed by atoms with Crippen LogP contribution in [0.1, 0.15) is 31.2 Å². The van der Waals surface area contributed by atoms with Crippen LogP contribution < -0.4 is 5.32 Å². The van der Waals surface area contributed by atoms with Crippen molar-refractivity contribution < 1.29 is 0 Å². The van der Waals surface area contributed by atoms with Crippen LogP contribution in [0.4, 0.5) is 0 Å². The third-order valence-electron chi connectivity index (χ3n) is 3.84. The molecular formula is C15H25N3. The molecule has 1 saturated heterocycles. The summed E-state index contributed by atoms with van der Waals surface area (Å²) in [7, 11) is 2.21. The normalized spacial score (nSPS) is 19.1. The van der Waals surface area contributed by atoms with Crippen molar-refractivity contribution in [3.8, 4) is 0 Å². The standard InChI is InChI=1S/C15H25N3/c1-13-5-4-6-14(17-13)11-18(3)12-15(2)7-9-16-10-8-15/h4-6,16H,7-12H2,1-3H3. The number of hydrogen-bond acceptors (Lipinski definition) is 3. The summed E-state index contributed by atoms with van der Waals surface area (Å²) in [6.45, 7) is 8.89. The van der Waals surface area contributed by atoms with Crippen LogP contribution in [0, 0.1) is 12.3 Å². The van der Waals surface area contributed by atoms with Gasteiger partial charge in [-0.15, -0.1) is 0 Å². The molecule has 2 heterocycles. The maximum Gasteiger partial charge on any atom is 0.0547 e. The van der Waals surface area contributed by atoms with Gasteiger partial charge in [0.05, 0.1) is 5.69 Å². The summed E-state index contributed by atoms with van der Waals surface area (Å²) in [6.07, 6.45) is 2.55. The Morgan fingerprint density at radius 3 is 2.72 bits per heavy atom. The lowest BCUT2D eigenvalue weighted by molar-refractivity contribution is 0.142. The molecule has 0 spiro atoms. The van der Waals surface area contributed by atoms with Crippen LogP contribution in [0.3, 0.4) is 0 Å². The van der Waals surface area contributed by atoms with E-state index >= 15 is 0 Å². The van der Waals surface area contributed by atoms with Crippen LogP contribution in [0.2, 0.25) is 0 Å². The van der Waals surface area contributed by atoms with Crippen molar-refractivity contribution in [1.82, 2.24) is 15.2 Å². The zero-order valence-corrected chi connectivity index (χ0v) is 11.9. The highest BCUT2D eigenvalue weighted by molar-refractivity contribution is 5.09. The van der Waals surface area contributed by atoms with E-state index in [1.165, 1.54) is 18.5 Å². The van der Waals surface area contributed by atoms with Gasteiger partial charge in [-0.05, 0) is 57.5 Å². The van der Waals surface area contributed by atoms with Crippen molar-refractivity contribution >= 4 is 0 Å². The first kappa shape index (κ1) is 13.5. The molecule has 1 N–H and O–H groups in total. The largest absolute Gasteiger partial charge is 0.317 e. The van der Waals surface area contributed by atoms with Gasteiger partial charge in [-0.25, -0.2) is 0 Å². The van der Waals surface area contributed by atoms with Crippen molar-refractivity contribution in [2.75, 3.05) is 26.7 Å². The van der Waals surface area contributed by atoms with E-state index in [1.807, 2.05) is 0 Å². The molecule has 0 atom stereocenters. The van der Waals surface area contributed by atoms with Crippen LogP contribution in [0.5, 0.6) is 0 Å². The lowest BCUT2D eigenvalue weighted by Gasteiger charge is -2.37. The second kappa shape index (κ2) is 5.81. The summed E-state index contributed by atoms with van der Waals surface area (Å²) >= 11 is 0. The van der Waals surface area contributed by atoms with Gasteiger partial charge in [-0.2, -0.15) is 0 Å². The highest BCUT2D eigenvalue weighted by atomic mass is 15.1. The average Bonchev–Trinajstić information content (AvgIpc) is 2.28. The molecular weight excluding hydrogens is 222 g/mol. The fourth-order valence-electron chi connectivity index (χ4n) is 2.86. The average molecular weight is 247 g/mol. The van der Waals surface area contributed by atoms with Crippen LogP contribution in [-0.2, 0) is 6.54 Å². The number of aryl methyl sites for hydroxylation is 1. The zero-order valence-electron chi connectivity index (χ0n) is 11.9. The SMILES string of the molecule is Cc1cccc(CN(C)CC2(C)CCNCC2)n1. The predicted molar refractivity (Wildman–Crippen MR) is 75.5 cm³/mol. The molecule has 3 nitrogen and oxygen atoms in total. The fraction of sp³-hybridized carbons (Fsp3) is 0.667. The number of pyridine rings is 1. The van der Waals surface area contributed by atoms with Crippen molar-refractivity contribution in [1.29, 1.82) is 0 Å². The number of rotatable bonds is 4. The molecule has 0 radical (unpaired) electrons. The van der Waals surface area contributed by atoms with Crippen molar-refractivity contribution in [3.63, 3.8) is 0 Å². The Balaban J connectivity index is 1.90. The molecule has 0 amide bonds. The maximum absolute atomic E-state index is 4.57. The minimum atomic E-state index is 0.462. The molecule has 0 saturated carbocycles. The summed E-state index contributed by atoms with van der Waals surface area (Å²) < 4.78 is 0. The lowest BCUT2D eigenvalue weighted by atomic mass is 9.80. The third kappa shape index (κ3) is 3.79. The van der Waals surface area contributed by atoms with Crippen molar-refractivity contribution in [3.05, 3.63) is 29.6 Å². The van der Waals surface area contributed by atoms with Gasteiger partial charge >= 0.3 is 0 Å². The molecule has 1 aliphatic heterocycles. The number of piperidine rings is 1. The Kier molecular flexibility index (Phi) is 4.36. The number of hydrogen-bond donors (Lipinski definition) is 1. The Morgan fingerprint density at radius 1 is 1.33 bits per heavy atom. The monoisotopic (exact) mass is 247 g/mol. The van der Waals surface area contributed by atoms with E-state index in [0.717, 1.165) is 31.9 Å². The Morgan fingerprint density at radius 2 is 2.06 bits per heavy atom. The first-order valence-electron chi connectivity index (χ1n) is 6.89. The number of nitrogens with one attached hydrogen (secondary N) is 1. The number of aromatic nitrogens is 1. The molecule has 18 heavy (non-hydrogen) atoms. The van der Waals surface area contributed by atoms with E-state index < -0.39 is 0 Å². The van der Waals surface area contributed by atoms with E-state index in [2.05, 4.69) is 54.3 Å². The van der Waals surface area contributed by atoms with Crippen LogP contribution in [-0.4, -0.2) is 36.6 Å². The topological polar surface area (TPSA) is 28.2 Å². The molecule has 100 valence electrons. The summed E-state index contributed by atoms with van der Waals surface area (Å²) in [5.41, 5.74) is 2.74. The van der Waals surface area contributed by atoms with E-state index in [1.54, 1.807) is 0 Å². The summed E-state index contributed by atoms with van der Waals surface area (Å²) in [5, 5.41) is 3.44. The van der Waals surface area contributed by atoms with Gasteiger partial charge in [-0.3, -0.25) is 4.98 Å². The minimum absolute atomic E-state index is 0.462. The Bertz CT molecular complexity index is 383. The highest BCUT2D eigenvalue weighted by Crippen LogP contribution is 2.28. The molecule has 0 aliphatic carbocycles. The second-order valence-corrected chi connectivity index (χ2v) is 6.00. The van der Waals surface area contributed by atoms with Crippen molar-refractivity contribution in [2.45, 2.75) is 33.2 Å². The summed E-state index contributed by atoms with van der Waals surface area (Å²) in [4.78, 5) is 6.98. The maximum atomic E-state index is 4.57. The first-order chi connectivity index (χ1) is 8.57. The van der Waals surface area contributed by atoms with Gasteiger partial charge in [0.25, 0.3) is 0 Å². The quantitative estimate of drug-likeness (QED) is 0.884. The molecule has 0 bridgehead atoms. The van der Waals surface area contributed by atoms with E-state index in [0.29, 0.717) is 5.41 Å². The van der Waals surface area contributed by atoms with Crippen LogP contribution >= 0.6 is 0 Å². The van der Waals surface area contributed by atoms with Gasteiger partial charge in [0.2, 0.25) is 0 Å². The molecule has 0 aromatic carbocycles. The van der Waals surface area contributed by atoms with Crippen LogP contribution in [0.25, 0.3) is 0 Å². The molecule has 2 rings (SSSR count). The Hall–Kier alpha value is -0.930. The van der Waals surface area contributed by atoms with Crippen LogP contribution in [0.15, 0.2) is 18.2 Å². The summed E-state index contributed by atoms with van der Waals surface area (Å²) in [6, 6.07) is 6.27.